The summed E-state index contributed by atoms with van der Waals surface area (Å²) in [5, 5.41) is 3.30. The predicted molar refractivity (Wildman–Crippen MR) is 64.7 cm³/mol. The molecule has 0 aromatic heterocycles. The smallest absolute Gasteiger partial charge is 0.211 e. The third-order valence-corrected chi connectivity index (χ3v) is 4.61. The van der Waals surface area contributed by atoms with E-state index < -0.39 is 10.0 Å². The Morgan fingerprint density at radius 2 is 2.31 bits per heavy atom. The molecule has 0 amide bonds. The molecule has 1 unspecified atom stereocenters. The number of nitrogens with zero attached hydrogens (tertiary/aromatic N) is 1. The lowest BCUT2D eigenvalue weighted by molar-refractivity contribution is 0.301. The van der Waals surface area contributed by atoms with Crippen molar-refractivity contribution >= 4 is 10.0 Å². The number of hydrogen-bond donors (Lipinski definition) is 1. The molecule has 0 saturated carbocycles. The molecule has 2 fully saturated rings. The molecule has 0 aliphatic carbocycles. The van der Waals surface area contributed by atoms with Crippen molar-refractivity contribution in [1.29, 1.82) is 0 Å². The largest absolute Gasteiger partial charge is 0.313 e. The van der Waals surface area contributed by atoms with Gasteiger partial charge in [0.2, 0.25) is 10.0 Å². The molecule has 92 valence electrons. The maximum atomic E-state index is 11.5. The van der Waals surface area contributed by atoms with E-state index in [-0.39, 0.29) is 0 Å². The molecule has 0 aromatic carbocycles. The van der Waals surface area contributed by atoms with Crippen LogP contribution in [0, 0.1) is 5.92 Å². The van der Waals surface area contributed by atoms with Crippen LogP contribution in [0.3, 0.4) is 0 Å². The summed E-state index contributed by atoms with van der Waals surface area (Å²) in [5.41, 5.74) is 1.44. The van der Waals surface area contributed by atoms with Crippen molar-refractivity contribution in [3.63, 3.8) is 0 Å². The van der Waals surface area contributed by atoms with Crippen molar-refractivity contribution in [1.82, 2.24) is 9.62 Å². The van der Waals surface area contributed by atoms with Crippen LogP contribution in [-0.2, 0) is 10.0 Å². The Morgan fingerprint density at radius 1 is 1.50 bits per heavy atom. The molecule has 5 heteroatoms. The van der Waals surface area contributed by atoms with Crippen LogP contribution in [0.25, 0.3) is 0 Å². The van der Waals surface area contributed by atoms with Gasteiger partial charge in [-0.1, -0.05) is 11.6 Å². The van der Waals surface area contributed by atoms with Gasteiger partial charge in [-0.2, -0.15) is 0 Å². The van der Waals surface area contributed by atoms with Crippen LogP contribution in [0.2, 0.25) is 0 Å². The van der Waals surface area contributed by atoms with Gasteiger partial charge in [0.05, 0.1) is 6.26 Å². The molecule has 0 radical (unpaired) electrons. The number of rotatable bonds is 2. The van der Waals surface area contributed by atoms with Gasteiger partial charge < -0.3 is 5.32 Å². The first-order chi connectivity index (χ1) is 7.55. The third kappa shape index (κ3) is 3.06. The highest BCUT2D eigenvalue weighted by molar-refractivity contribution is 7.88. The summed E-state index contributed by atoms with van der Waals surface area (Å²) >= 11 is 0. The molecule has 2 rings (SSSR count). The molecule has 2 aliphatic rings. The lowest BCUT2D eigenvalue weighted by atomic mass is 9.96. The molecule has 0 spiro atoms. The fraction of sp³-hybridized carbons (Fsp3) is 0.818. The van der Waals surface area contributed by atoms with Gasteiger partial charge in [-0.15, -0.1) is 0 Å². The van der Waals surface area contributed by atoms with Gasteiger partial charge in [-0.3, -0.25) is 0 Å². The van der Waals surface area contributed by atoms with E-state index >= 15 is 0 Å². The molecule has 0 bridgehead atoms. The maximum absolute atomic E-state index is 11.5. The zero-order valence-corrected chi connectivity index (χ0v) is 10.6. The van der Waals surface area contributed by atoms with Crippen molar-refractivity contribution in [3.8, 4) is 0 Å². The van der Waals surface area contributed by atoms with Gasteiger partial charge in [-0.05, 0) is 31.7 Å². The molecule has 2 heterocycles. The molecule has 2 aliphatic heterocycles. The topological polar surface area (TPSA) is 49.4 Å². The van der Waals surface area contributed by atoms with Crippen molar-refractivity contribution in [2.75, 3.05) is 32.4 Å². The summed E-state index contributed by atoms with van der Waals surface area (Å²) in [6, 6.07) is 0. The van der Waals surface area contributed by atoms with Crippen molar-refractivity contribution < 1.29 is 8.42 Å². The summed E-state index contributed by atoms with van der Waals surface area (Å²) in [6.45, 7) is 3.41. The quantitative estimate of drug-likeness (QED) is 0.723. The highest BCUT2D eigenvalue weighted by Crippen LogP contribution is 2.22. The Balaban J connectivity index is 1.99. The SMILES string of the molecule is CS(=O)(=O)N1CCCC(/C=C2\CCNC2)C1. The van der Waals surface area contributed by atoms with Crippen LogP contribution in [0.15, 0.2) is 11.6 Å². The first-order valence-corrected chi connectivity index (χ1v) is 7.76. The maximum Gasteiger partial charge on any atom is 0.211 e. The summed E-state index contributed by atoms with van der Waals surface area (Å²) in [4.78, 5) is 0. The van der Waals surface area contributed by atoms with Crippen LogP contribution in [0.5, 0.6) is 0 Å². The number of piperidine rings is 1. The fourth-order valence-electron chi connectivity index (χ4n) is 2.47. The molecule has 2 saturated heterocycles. The average Bonchev–Trinajstić information content (AvgIpc) is 2.70. The highest BCUT2D eigenvalue weighted by Gasteiger charge is 2.25. The summed E-state index contributed by atoms with van der Waals surface area (Å²) in [5.74, 6) is 0.415. The zero-order valence-electron chi connectivity index (χ0n) is 9.78. The Kier molecular flexibility index (Phi) is 3.66. The van der Waals surface area contributed by atoms with Crippen LogP contribution in [0.1, 0.15) is 19.3 Å². The Morgan fingerprint density at radius 3 is 2.94 bits per heavy atom. The second kappa shape index (κ2) is 4.85. The van der Waals surface area contributed by atoms with E-state index in [1.165, 1.54) is 11.8 Å². The van der Waals surface area contributed by atoms with Crippen LogP contribution < -0.4 is 5.32 Å². The fourth-order valence-corrected chi connectivity index (χ4v) is 3.40. The van der Waals surface area contributed by atoms with E-state index in [0.29, 0.717) is 19.0 Å². The molecule has 4 nitrogen and oxygen atoms in total. The van der Waals surface area contributed by atoms with E-state index in [1.807, 2.05) is 0 Å². The first-order valence-electron chi connectivity index (χ1n) is 5.91. The Labute approximate surface area is 97.8 Å². The van der Waals surface area contributed by atoms with Gasteiger partial charge in [0.15, 0.2) is 0 Å². The summed E-state index contributed by atoms with van der Waals surface area (Å²) < 4.78 is 24.5. The lowest BCUT2D eigenvalue weighted by Crippen LogP contribution is -2.38. The second-order valence-corrected chi connectivity index (χ2v) is 6.76. The van der Waals surface area contributed by atoms with Crippen LogP contribution in [-0.4, -0.2) is 45.2 Å². The third-order valence-electron chi connectivity index (χ3n) is 3.34. The zero-order chi connectivity index (χ0) is 11.6. The van der Waals surface area contributed by atoms with Crippen molar-refractivity contribution in [2.45, 2.75) is 19.3 Å². The Bertz CT molecular complexity index is 367. The second-order valence-electron chi connectivity index (χ2n) is 4.78. The van der Waals surface area contributed by atoms with Crippen LogP contribution in [0.4, 0.5) is 0 Å². The highest BCUT2D eigenvalue weighted by atomic mass is 32.2. The number of sulfonamides is 1. The molecular weight excluding hydrogens is 224 g/mol. The van der Waals surface area contributed by atoms with E-state index in [9.17, 15) is 8.42 Å². The van der Waals surface area contributed by atoms with Crippen molar-refractivity contribution in [2.24, 2.45) is 5.92 Å². The predicted octanol–water partition coefficient (Wildman–Crippen LogP) is 0.578. The van der Waals surface area contributed by atoms with Gasteiger partial charge in [-0.25, -0.2) is 12.7 Å². The van der Waals surface area contributed by atoms with Gasteiger partial charge in [0.25, 0.3) is 0 Å². The summed E-state index contributed by atoms with van der Waals surface area (Å²) in [6.07, 6.45) is 6.82. The first kappa shape index (κ1) is 12.1. The lowest BCUT2D eigenvalue weighted by Gasteiger charge is -2.29. The van der Waals surface area contributed by atoms with E-state index in [2.05, 4.69) is 11.4 Å². The van der Waals surface area contributed by atoms with Gasteiger partial charge in [0.1, 0.15) is 0 Å². The number of nitrogens with one attached hydrogen (secondary N) is 1. The molecule has 0 aromatic rings. The average molecular weight is 244 g/mol. The monoisotopic (exact) mass is 244 g/mol. The minimum Gasteiger partial charge on any atom is -0.313 e. The minimum atomic E-state index is -3.00. The van der Waals surface area contributed by atoms with Crippen LogP contribution >= 0.6 is 0 Å². The van der Waals surface area contributed by atoms with E-state index in [4.69, 9.17) is 0 Å². The van der Waals surface area contributed by atoms with Crippen molar-refractivity contribution in [3.05, 3.63) is 11.6 Å². The molecular formula is C11H20N2O2S. The van der Waals surface area contributed by atoms with Gasteiger partial charge in [0, 0.05) is 19.6 Å². The van der Waals surface area contributed by atoms with E-state index in [1.54, 1.807) is 4.31 Å². The normalized spacial score (nSPS) is 31.1. The minimum absolute atomic E-state index is 0.415. The van der Waals surface area contributed by atoms with Gasteiger partial charge >= 0.3 is 0 Å². The molecule has 16 heavy (non-hydrogen) atoms. The molecule has 1 atom stereocenters. The Hall–Kier alpha value is -0.390. The standard InChI is InChI=1S/C11H20N2O2S/c1-16(14,15)13-6-2-3-11(9-13)7-10-4-5-12-8-10/h7,11-12H,2-6,8-9H2,1H3/b10-7+. The van der Waals surface area contributed by atoms with E-state index in [0.717, 1.165) is 32.4 Å². The summed E-state index contributed by atoms with van der Waals surface area (Å²) in [7, 11) is -3.00. The molecule has 1 N–H and O–H groups in total. The number of hydrogen-bond acceptors (Lipinski definition) is 3.